The van der Waals surface area contributed by atoms with E-state index in [4.69, 9.17) is 21.6 Å². The van der Waals surface area contributed by atoms with E-state index in [1.165, 1.54) is 30.3 Å². The molecule has 0 fully saturated rings. The van der Waals surface area contributed by atoms with E-state index in [0.29, 0.717) is 16.3 Å². The molecule has 0 unspecified atom stereocenters. The van der Waals surface area contributed by atoms with Gasteiger partial charge in [0, 0.05) is 17.3 Å². The van der Waals surface area contributed by atoms with Crippen molar-refractivity contribution in [2.45, 2.75) is 11.3 Å². The first-order chi connectivity index (χ1) is 13.3. The van der Waals surface area contributed by atoms with E-state index >= 15 is 0 Å². The second-order valence-electron chi connectivity index (χ2n) is 5.50. The number of ether oxygens (including phenoxy) is 1. The van der Waals surface area contributed by atoms with Crippen LogP contribution in [-0.4, -0.2) is 33.4 Å². The van der Waals surface area contributed by atoms with Gasteiger partial charge in [0.05, 0.1) is 22.9 Å². The molecule has 0 atom stereocenters. The third kappa shape index (κ3) is 6.66. The maximum atomic E-state index is 12.1. The van der Waals surface area contributed by atoms with Gasteiger partial charge in [-0.3, -0.25) is 9.59 Å². The van der Waals surface area contributed by atoms with Gasteiger partial charge in [0.25, 0.3) is 5.91 Å². The summed E-state index contributed by atoms with van der Waals surface area (Å²) in [5.41, 5.74) is 0.776. The minimum Gasteiger partial charge on any atom is -0.456 e. The highest BCUT2D eigenvalue weighted by molar-refractivity contribution is 7.89. The smallest absolute Gasteiger partial charge is 0.307 e. The van der Waals surface area contributed by atoms with Crippen molar-refractivity contribution in [2.75, 3.05) is 18.5 Å². The zero-order valence-electron chi connectivity index (χ0n) is 14.5. The zero-order valence-corrected chi connectivity index (χ0v) is 16.1. The molecule has 0 saturated carbocycles. The number of esters is 1. The molecule has 2 aromatic carbocycles. The Kier molecular flexibility index (Phi) is 7.52. The average molecular weight is 422 g/mol. The van der Waals surface area contributed by atoms with Gasteiger partial charge in [-0.2, -0.15) is 5.26 Å². The first kappa shape index (κ1) is 21.4. The summed E-state index contributed by atoms with van der Waals surface area (Å²) >= 11 is 5.71. The summed E-state index contributed by atoms with van der Waals surface area (Å²) in [7, 11) is -3.77. The lowest BCUT2D eigenvalue weighted by molar-refractivity contribution is -0.147. The van der Waals surface area contributed by atoms with Gasteiger partial charge in [-0.25, -0.2) is 13.1 Å². The third-order valence-corrected chi connectivity index (χ3v) is 5.11. The summed E-state index contributed by atoms with van der Waals surface area (Å²) in [5, 5.41) is 11.7. The highest BCUT2D eigenvalue weighted by atomic mass is 35.5. The molecule has 0 saturated heterocycles. The minimum atomic E-state index is -3.77. The first-order valence-electron chi connectivity index (χ1n) is 8.01. The number of halogens is 1. The van der Waals surface area contributed by atoms with Crippen LogP contribution in [0.15, 0.2) is 53.4 Å². The van der Waals surface area contributed by atoms with Gasteiger partial charge in [0.1, 0.15) is 0 Å². The number of nitriles is 1. The lowest BCUT2D eigenvalue weighted by Gasteiger charge is -2.08. The van der Waals surface area contributed by atoms with E-state index in [-0.39, 0.29) is 17.9 Å². The summed E-state index contributed by atoms with van der Waals surface area (Å²) < 4.78 is 31.2. The van der Waals surface area contributed by atoms with Crippen molar-refractivity contribution in [3.05, 3.63) is 59.1 Å². The largest absolute Gasteiger partial charge is 0.456 e. The Bertz CT molecular complexity index is 1000. The van der Waals surface area contributed by atoms with E-state index in [1.807, 2.05) is 6.07 Å². The van der Waals surface area contributed by atoms with Gasteiger partial charge >= 0.3 is 5.97 Å². The fourth-order valence-corrected chi connectivity index (χ4v) is 3.22. The van der Waals surface area contributed by atoms with Gasteiger partial charge in [0.2, 0.25) is 10.0 Å². The quantitative estimate of drug-likeness (QED) is 0.628. The maximum Gasteiger partial charge on any atom is 0.307 e. The fourth-order valence-electron chi connectivity index (χ4n) is 2.07. The molecular weight excluding hydrogens is 406 g/mol. The van der Waals surface area contributed by atoms with E-state index in [1.54, 1.807) is 18.2 Å². The van der Waals surface area contributed by atoms with E-state index in [9.17, 15) is 18.0 Å². The van der Waals surface area contributed by atoms with E-state index < -0.39 is 28.5 Å². The molecule has 0 spiro atoms. The Labute approximate surface area is 167 Å². The van der Waals surface area contributed by atoms with Crippen LogP contribution in [0, 0.1) is 11.3 Å². The molecule has 0 aromatic heterocycles. The topological polar surface area (TPSA) is 125 Å². The molecule has 28 heavy (non-hydrogen) atoms. The molecule has 10 heteroatoms. The number of hydrogen-bond donors (Lipinski definition) is 2. The van der Waals surface area contributed by atoms with Crippen molar-refractivity contribution in [1.82, 2.24) is 4.72 Å². The van der Waals surface area contributed by atoms with Crippen molar-refractivity contribution in [2.24, 2.45) is 0 Å². The van der Waals surface area contributed by atoms with E-state index in [2.05, 4.69) is 10.0 Å². The van der Waals surface area contributed by atoms with Gasteiger partial charge in [-0.05, 0) is 42.5 Å². The molecule has 0 radical (unpaired) electrons. The monoisotopic (exact) mass is 421 g/mol. The number of anilines is 1. The number of nitrogens with one attached hydrogen (secondary N) is 2. The summed E-state index contributed by atoms with van der Waals surface area (Å²) in [4.78, 5) is 23.5. The van der Waals surface area contributed by atoms with Crippen molar-refractivity contribution in [1.29, 1.82) is 5.26 Å². The normalized spacial score (nSPS) is 10.7. The van der Waals surface area contributed by atoms with Crippen LogP contribution in [0.3, 0.4) is 0 Å². The number of nitrogens with zero attached hydrogens (tertiary/aromatic N) is 1. The molecule has 146 valence electrons. The van der Waals surface area contributed by atoms with Gasteiger partial charge in [0.15, 0.2) is 6.61 Å². The molecule has 2 N–H and O–H groups in total. The molecule has 0 heterocycles. The number of rotatable bonds is 8. The highest BCUT2D eigenvalue weighted by Gasteiger charge is 2.15. The van der Waals surface area contributed by atoms with Gasteiger partial charge < -0.3 is 10.1 Å². The molecule has 0 bridgehead atoms. The van der Waals surface area contributed by atoms with Crippen molar-refractivity contribution in [3.8, 4) is 6.07 Å². The Morgan fingerprint density at radius 2 is 1.86 bits per heavy atom. The number of carbonyl (C=O) groups is 2. The lowest BCUT2D eigenvalue weighted by atomic mass is 10.2. The second-order valence-corrected chi connectivity index (χ2v) is 7.71. The molecule has 0 aliphatic rings. The highest BCUT2D eigenvalue weighted by Crippen LogP contribution is 2.13. The predicted octanol–water partition coefficient (Wildman–Crippen LogP) is 2.06. The summed E-state index contributed by atoms with van der Waals surface area (Å²) in [6.07, 6.45) is -0.246. The first-order valence-corrected chi connectivity index (χ1v) is 9.87. The molecule has 0 aliphatic carbocycles. The van der Waals surface area contributed by atoms with Crippen LogP contribution in [0.2, 0.25) is 5.02 Å². The van der Waals surface area contributed by atoms with Crippen molar-refractivity contribution >= 4 is 39.2 Å². The van der Waals surface area contributed by atoms with Gasteiger partial charge in [-0.15, -0.1) is 0 Å². The standard InChI is InChI=1S/C18H16ClN3O5S/c19-14-4-6-16(7-5-14)28(25,26)21-9-8-18(24)27-12-17(23)22-15-3-1-2-13(10-15)11-20/h1-7,10,21H,8-9,12H2,(H,22,23). The number of sulfonamides is 1. The molecule has 2 rings (SSSR count). The average Bonchev–Trinajstić information content (AvgIpc) is 2.67. The Morgan fingerprint density at radius 1 is 1.14 bits per heavy atom. The lowest BCUT2D eigenvalue weighted by Crippen LogP contribution is -2.28. The summed E-state index contributed by atoms with van der Waals surface area (Å²) in [5.74, 6) is -1.31. The van der Waals surface area contributed by atoms with Crippen molar-refractivity contribution in [3.63, 3.8) is 0 Å². The molecule has 1 amide bonds. The third-order valence-electron chi connectivity index (χ3n) is 3.38. The summed E-state index contributed by atoms with van der Waals surface area (Å²) in [6.45, 7) is -0.713. The molecular formula is C18H16ClN3O5S. The summed E-state index contributed by atoms with van der Waals surface area (Å²) in [6, 6.07) is 13.8. The van der Waals surface area contributed by atoms with Crippen LogP contribution in [-0.2, 0) is 24.3 Å². The number of amides is 1. The Morgan fingerprint density at radius 3 is 2.54 bits per heavy atom. The Hall–Kier alpha value is -2.93. The Balaban J connectivity index is 1.74. The maximum absolute atomic E-state index is 12.1. The van der Waals surface area contributed by atoms with Crippen LogP contribution in [0.4, 0.5) is 5.69 Å². The van der Waals surface area contributed by atoms with Gasteiger partial charge in [-0.1, -0.05) is 17.7 Å². The van der Waals surface area contributed by atoms with Crippen LogP contribution in [0.5, 0.6) is 0 Å². The van der Waals surface area contributed by atoms with Crippen molar-refractivity contribution < 1.29 is 22.7 Å². The predicted molar refractivity (Wildman–Crippen MR) is 102 cm³/mol. The van der Waals surface area contributed by atoms with Crippen LogP contribution in [0.25, 0.3) is 0 Å². The zero-order chi connectivity index (χ0) is 20.6. The van der Waals surface area contributed by atoms with Crippen LogP contribution >= 0.6 is 11.6 Å². The fraction of sp³-hybridized carbons (Fsp3) is 0.167. The minimum absolute atomic E-state index is 0.0178. The number of benzene rings is 2. The molecule has 0 aliphatic heterocycles. The molecule has 2 aromatic rings. The number of carbonyl (C=O) groups excluding carboxylic acids is 2. The SMILES string of the molecule is N#Cc1cccc(NC(=O)COC(=O)CCNS(=O)(=O)c2ccc(Cl)cc2)c1. The van der Waals surface area contributed by atoms with Crippen LogP contribution < -0.4 is 10.0 Å². The van der Waals surface area contributed by atoms with Crippen LogP contribution in [0.1, 0.15) is 12.0 Å². The second kappa shape index (κ2) is 9.85. The van der Waals surface area contributed by atoms with E-state index in [0.717, 1.165) is 0 Å². The number of hydrogen-bond acceptors (Lipinski definition) is 6. The molecule has 8 nitrogen and oxygen atoms in total.